The van der Waals surface area contributed by atoms with Crippen LogP contribution in [-0.4, -0.2) is 105 Å². The van der Waals surface area contributed by atoms with E-state index in [0.29, 0.717) is 5.02 Å². The summed E-state index contributed by atoms with van der Waals surface area (Å²) in [5, 5.41) is 40.6. The number of esters is 4. The van der Waals surface area contributed by atoms with Crippen molar-refractivity contribution in [3.05, 3.63) is 118 Å². The van der Waals surface area contributed by atoms with Gasteiger partial charge in [-0.15, -0.1) is 0 Å². The summed E-state index contributed by atoms with van der Waals surface area (Å²) in [5.74, 6) is -6.95. The fraction of sp³-hybridized carbons (Fsp3) is 0.447. The predicted molar refractivity (Wildman–Crippen MR) is 223 cm³/mol. The van der Waals surface area contributed by atoms with E-state index in [1.54, 1.807) is 62.4 Å². The van der Waals surface area contributed by atoms with E-state index in [2.05, 4.69) is 5.32 Å². The van der Waals surface area contributed by atoms with Gasteiger partial charge in [0.1, 0.15) is 23.9 Å². The maximum atomic E-state index is 15.5. The Hall–Kier alpha value is -5.45. The Morgan fingerprint density at radius 1 is 0.857 bits per heavy atom. The van der Waals surface area contributed by atoms with Crippen LogP contribution in [0.3, 0.4) is 0 Å². The van der Waals surface area contributed by atoms with Gasteiger partial charge in [-0.3, -0.25) is 19.2 Å². The molecule has 3 aromatic rings. The van der Waals surface area contributed by atoms with E-state index in [9.17, 15) is 39.3 Å². The SMILES string of the molecule is CC(=O)O[C@@H]1C(=O)[C@@]2(C)C(C(OC(=O)c3ccccc3)[C@]3(O)C[C@H](OC(=O)C(O)C(NC(=O)c4ccccc4)c4ccc(Cl)cc4)C(C)=C1C3(C)C)[C@]1(OC(C)=O)CO[C@@H]1C[C@@H]2O. The van der Waals surface area contributed by atoms with Crippen molar-refractivity contribution in [1.82, 2.24) is 5.32 Å². The molecule has 4 unspecified atom stereocenters. The van der Waals surface area contributed by atoms with Gasteiger partial charge in [0, 0.05) is 42.7 Å². The second-order valence-corrected chi connectivity index (χ2v) is 17.9. The molecule has 2 bridgehead atoms. The second-order valence-electron chi connectivity index (χ2n) is 17.5. The molecular weight excluding hydrogens is 838 g/mol. The summed E-state index contributed by atoms with van der Waals surface area (Å²) in [6.45, 7) is 7.92. The minimum absolute atomic E-state index is 0.0171. The summed E-state index contributed by atoms with van der Waals surface area (Å²) >= 11 is 6.16. The number of aliphatic hydroxyl groups excluding tert-OH is 2. The van der Waals surface area contributed by atoms with E-state index >= 15 is 4.79 Å². The summed E-state index contributed by atoms with van der Waals surface area (Å²) in [4.78, 5) is 83.6. The summed E-state index contributed by atoms with van der Waals surface area (Å²) in [6, 6.07) is 20.6. The number of ether oxygens (including phenoxy) is 5. The van der Waals surface area contributed by atoms with Crippen LogP contribution in [0, 0.1) is 16.7 Å². The number of benzene rings is 3. The van der Waals surface area contributed by atoms with Crippen LogP contribution in [0.15, 0.2) is 96.1 Å². The molecule has 1 amide bonds. The highest BCUT2D eigenvalue weighted by molar-refractivity contribution is 6.30. The van der Waals surface area contributed by atoms with Crippen LogP contribution >= 0.6 is 11.6 Å². The molecule has 3 aliphatic carbocycles. The molecule has 3 aromatic carbocycles. The molecule has 1 saturated heterocycles. The first kappa shape index (κ1) is 45.6. The van der Waals surface area contributed by atoms with Crippen molar-refractivity contribution in [2.75, 3.05) is 6.61 Å². The molecule has 1 aliphatic heterocycles. The Labute approximate surface area is 368 Å². The van der Waals surface area contributed by atoms with Gasteiger partial charge in [0.05, 0.1) is 35.6 Å². The molecule has 4 N–H and O–H groups in total. The summed E-state index contributed by atoms with van der Waals surface area (Å²) < 4.78 is 30.3. The highest BCUT2D eigenvalue weighted by Gasteiger charge is 2.78. The lowest BCUT2D eigenvalue weighted by molar-refractivity contribution is -0.346. The van der Waals surface area contributed by atoms with Gasteiger partial charge in [-0.25, -0.2) is 9.59 Å². The van der Waals surface area contributed by atoms with Crippen LogP contribution in [-0.2, 0) is 42.9 Å². The Bertz CT molecular complexity index is 2340. The molecule has 16 heteroatoms. The Morgan fingerprint density at radius 3 is 2.02 bits per heavy atom. The molecule has 63 heavy (non-hydrogen) atoms. The number of aliphatic hydroxyl groups is 3. The molecular formula is C47H50ClNO14. The summed E-state index contributed by atoms with van der Waals surface area (Å²) in [7, 11) is 0. The van der Waals surface area contributed by atoms with Crippen LogP contribution in [0.25, 0.3) is 0 Å². The number of ketones is 1. The number of carbonyl (C=O) groups excluding carboxylic acids is 6. The quantitative estimate of drug-likeness (QED) is 0.126. The van der Waals surface area contributed by atoms with Crippen molar-refractivity contribution in [2.24, 2.45) is 16.7 Å². The zero-order valence-corrected chi connectivity index (χ0v) is 36.3. The molecule has 7 rings (SSSR count). The summed E-state index contributed by atoms with van der Waals surface area (Å²) in [6.07, 6.45) is -10.7. The van der Waals surface area contributed by atoms with Crippen LogP contribution in [0.5, 0.6) is 0 Å². The van der Waals surface area contributed by atoms with Crippen molar-refractivity contribution in [1.29, 1.82) is 0 Å². The van der Waals surface area contributed by atoms with Crippen LogP contribution in [0.1, 0.15) is 86.7 Å². The third-order valence-corrected chi connectivity index (χ3v) is 13.8. The fourth-order valence-electron chi connectivity index (χ4n) is 10.2. The topological polar surface area (TPSA) is 221 Å². The van der Waals surface area contributed by atoms with Crippen LogP contribution in [0.4, 0.5) is 0 Å². The molecule has 4 aliphatic rings. The maximum absolute atomic E-state index is 15.5. The van der Waals surface area contributed by atoms with Crippen molar-refractivity contribution in [3.63, 3.8) is 0 Å². The lowest BCUT2D eigenvalue weighted by Gasteiger charge is -2.67. The Morgan fingerprint density at radius 2 is 1.46 bits per heavy atom. The zero-order valence-electron chi connectivity index (χ0n) is 35.5. The van der Waals surface area contributed by atoms with E-state index in [-0.39, 0.29) is 40.9 Å². The Kier molecular flexibility index (Phi) is 12.2. The number of fused-ring (bicyclic) bond motifs is 5. The van der Waals surface area contributed by atoms with E-state index in [1.807, 2.05) is 0 Å². The average Bonchev–Trinajstić information content (AvgIpc) is 3.24. The average molecular weight is 888 g/mol. The molecule has 15 nitrogen and oxygen atoms in total. The first-order chi connectivity index (χ1) is 29.7. The normalized spacial score (nSPS) is 31.6. The minimum atomic E-state index is -2.41. The van der Waals surface area contributed by atoms with E-state index < -0.39 is 113 Å². The third-order valence-electron chi connectivity index (χ3n) is 13.6. The fourth-order valence-corrected chi connectivity index (χ4v) is 10.3. The highest BCUT2D eigenvalue weighted by atomic mass is 35.5. The van der Waals surface area contributed by atoms with Gasteiger partial charge < -0.3 is 44.3 Å². The second kappa shape index (κ2) is 16.9. The molecule has 2 saturated carbocycles. The molecule has 0 radical (unpaired) electrons. The van der Waals surface area contributed by atoms with Crippen molar-refractivity contribution in [2.45, 2.75) is 108 Å². The number of carbonyl (C=O) groups is 6. The molecule has 1 heterocycles. The van der Waals surface area contributed by atoms with Crippen molar-refractivity contribution < 1.29 is 67.8 Å². The number of nitrogens with one attached hydrogen (secondary N) is 1. The van der Waals surface area contributed by atoms with Gasteiger partial charge >= 0.3 is 23.9 Å². The van der Waals surface area contributed by atoms with Crippen LogP contribution < -0.4 is 5.32 Å². The minimum Gasteiger partial charge on any atom is -0.456 e. The third kappa shape index (κ3) is 7.73. The number of hydrogen-bond donors (Lipinski definition) is 4. The van der Waals surface area contributed by atoms with E-state index in [1.165, 1.54) is 50.2 Å². The standard InChI is InChI=1S/C47H50ClNO14/c1-24-31(61-43(57)36(53)35(27-17-19-30(48)20-18-27)49-41(55)28-13-9-7-10-14-28)22-47(58)40(62-42(56)29-15-11-8-12-16-29)38-45(6,32(52)21-33-46(38,23-59-33)63-26(3)51)39(54)37(60-25(2)50)34(24)44(47,4)5/h7-20,31-33,35-38,40,52-53,58H,21-23H2,1-6H3,(H,49,55)/t31-,32-,33+,35?,36?,37-,38?,40?,45+,46-,47+/m0/s1. The molecule has 0 aromatic heterocycles. The van der Waals surface area contributed by atoms with Gasteiger partial charge in [-0.2, -0.15) is 0 Å². The molecule has 11 atom stereocenters. The molecule has 3 fully saturated rings. The molecule has 334 valence electrons. The zero-order chi connectivity index (χ0) is 45.8. The van der Waals surface area contributed by atoms with Gasteiger partial charge in [-0.05, 0) is 67.0 Å². The lowest BCUT2D eigenvalue weighted by atomic mass is 9.44. The van der Waals surface area contributed by atoms with E-state index in [0.717, 1.165) is 13.8 Å². The van der Waals surface area contributed by atoms with Crippen molar-refractivity contribution >= 4 is 47.2 Å². The first-order valence-electron chi connectivity index (χ1n) is 20.6. The number of Topliss-reactive ketones (excluding diaryl/α,β-unsaturated/α-hetero) is 1. The van der Waals surface area contributed by atoms with Gasteiger partial charge in [0.25, 0.3) is 5.91 Å². The first-order valence-corrected chi connectivity index (χ1v) is 21.0. The number of amides is 1. The number of hydrogen-bond acceptors (Lipinski definition) is 14. The van der Waals surface area contributed by atoms with Crippen LogP contribution in [0.2, 0.25) is 5.02 Å². The smallest absolute Gasteiger partial charge is 0.338 e. The number of halogens is 1. The molecule has 0 spiro atoms. The van der Waals surface area contributed by atoms with Gasteiger partial charge in [0.15, 0.2) is 23.6 Å². The highest BCUT2D eigenvalue weighted by Crippen LogP contribution is 2.64. The maximum Gasteiger partial charge on any atom is 0.338 e. The number of rotatable bonds is 10. The monoisotopic (exact) mass is 887 g/mol. The van der Waals surface area contributed by atoms with E-state index in [4.69, 9.17) is 35.3 Å². The predicted octanol–water partition coefficient (Wildman–Crippen LogP) is 4.39. The van der Waals surface area contributed by atoms with Gasteiger partial charge in [0.2, 0.25) is 0 Å². The van der Waals surface area contributed by atoms with Crippen molar-refractivity contribution in [3.8, 4) is 0 Å². The lowest BCUT2D eigenvalue weighted by Crippen LogP contribution is -2.82. The Balaban J connectivity index is 1.39. The largest absolute Gasteiger partial charge is 0.456 e. The van der Waals surface area contributed by atoms with Gasteiger partial charge in [-0.1, -0.05) is 74.0 Å². The summed E-state index contributed by atoms with van der Waals surface area (Å²) in [5.41, 5.74) is -7.21.